The Morgan fingerprint density at radius 3 is 1.78 bits per heavy atom. The maximum Gasteiger partial charge on any atom is 0.333 e. The van der Waals surface area contributed by atoms with Crippen LogP contribution in [0.1, 0.15) is 20.8 Å². The monoisotopic (exact) mass is 152 g/mol. The molecule has 1 N–H and O–H groups in total. The van der Waals surface area contributed by atoms with Gasteiger partial charge in [-0.2, -0.15) is 0 Å². The van der Waals surface area contributed by atoms with Crippen molar-refractivity contribution in [3.05, 3.63) is 0 Å². The van der Waals surface area contributed by atoms with E-state index in [1.807, 2.05) is 0 Å². The van der Waals surface area contributed by atoms with Gasteiger partial charge in [-0.3, -0.25) is 4.57 Å². The fraction of sp³-hybridized carbons (Fsp3) is 1.00. The van der Waals surface area contributed by atoms with Gasteiger partial charge in [-0.05, 0) is 20.8 Å². The normalized spacial score (nSPS) is 19.2. The molecule has 0 aliphatic carbocycles. The van der Waals surface area contributed by atoms with E-state index in [4.69, 9.17) is 4.89 Å². The van der Waals surface area contributed by atoms with Gasteiger partial charge >= 0.3 is 7.60 Å². The van der Waals surface area contributed by atoms with Gasteiger partial charge in [-0.25, -0.2) is 0 Å². The van der Waals surface area contributed by atoms with Crippen molar-refractivity contribution in [2.24, 2.45) is 0 Å². The van der Waals surface area contributed by atoms with E-state index in [0.29, 0.717) is 0 Å². The third-order valence-electron chi connectivity index (χ3n) is 1.10. The van der Waals surface area contributed by atoms with Gasteiger partial charge in [0.05, 0.1) is 5.16 Å². The Kier molecular flexibility index (Phi) is 2.45. The molecule has 9 heavy (non-hydrogen) atoms. The first kappa shape index (κ1) is 9.15. The molecule has 4 heteroatoms. The average Bonchev–Trinajstić information content (AvgIpc) is 1.64. The minimum Gasteiger partial charge on any atom is -0.324 e. The summed E-state index contributed by atoms with van der Waals surface area (Å²) in [5, 5.41) is -0.665. The van der Waals surface area contributed by atoms with Crippen LogP contribution in [0.4, 0.5) is 0 Å². The average molecular weight is 152 g/mol. The molecule has 0 spiro atoms. The zero-order chi connectivity index (χ0) is 7.71. The van der Waals surface area contributed by atoms with E-state index in [9.17, 15) is 4.57 Å². The Balaban J connectivity index is 4.35. The van der Waals surface area contributed by atoms with Crippen LogP contribution in [0.3, 0.4) is 0 Å². The summed E-state index contributed by atoms with van der Waals surface area (Å²) < 4.78 is 15.4. The molecule has 0 saturated heterocycles. The van der Waals surface area contributed by atoms with Gasteiger partial charge in [0.2, 0.25) is 0 Å². The first-order valence-corrected chi connectivity index (χ1v) is 4.27. The van der Waals surface area contributed by atoms with Crippen molar-refractivity contribution in [3.63, 3.8) is 0 Å². The van der Waals surface area contributed by atoms with E-state index in [0.717, 1.165) is 0 Å². The minimum atomic E-state index is -3.36. The smallest absolute Gasteiger partial charge is 0.324 e. The first-order valence-electron chi connectivity index (χ1n) is 2.70. The summed E-state index contributed by atoms with van der Waals surface area (Å²) >= 11 is 0. The second-order valence-corrected chi connectivity index (χ2v) is 5.62. The van der Waals surface area contributed by atoms with Crippen LogP contribution in [0.15, 0.2) is 0 Å². The molecular formula is C5H13O3P. The van der Waals surface area contributed by atoms with Crippen LogP contribution in [0, 0.1) is 0 Å². The molecule has 3 nitrogen and oxygen atoms in total. The van der Waals surface area contributed by atoms with Crippen LogP contribution in [0.25, 0.3) is 0 Å². The van der Waals surface area contributed by atoms with Gasteiger partial charge in [-0.1, -0.05) is 0 Å². The van der Waals surface area contributed by atoms with Gasteiger partial charge in [0.25, 0.3) is 0 Å². The molecule has 1 atom stereocenters. The SMILES string of the molecule is COP(=O)(O)C(C)(C)C. The topological polar surface area (TPSA) is 46.5 Å². The molecule has 0 heterocycles. The third-order valence-corrected chi connectivity index (χ3v) is 3.29. The lowest BCUT2D eigenvalue weighted by Gasteiger charge is -2.22. The Morgan fingerprint density at radius 1 is 1.44 bits per heavy atom. The predicted octanol–water partition coefficient (Wildman–Crippen LogP) is 1.62. The van der Waals surface area contributed by atoms with E-state index in [1.54, 1.807) is 20.8 Å². The highest BCUT2D eigenvalue weighted by Crippen LogP contribution is 2.53. The van der Waals surface area contributed by atoms with E-state index in [1.165, 1.54) is 7.11 Å². The fourth-order valence-corrected chi connectivity index (χ4v) is 0.822. The number of hydrogen-bond acceptors (Lipinski definition) is 2. The standard InChI is InChI=1S/C5H13O3P/c1-5(2,3)9(6,7)8-4/h1-4H3,(H,6,7). The molecule has 0 aliphatic rings. The van der Waals surface area contributed by atoms with E-state index < -0.39 is 12.8 Å². The molecule has 0 rings (SSSR count). The first-order chi connectivity index (χ1) is 3.81. The number of rotatable bonds is 1. The lowest BCUT2D eigenvalue weighted by atomic mass is 10.3. The van der Waals surface area contributed by atoms with Crippen molar-refractivity contribution in [2.75, 3.05) is 7.11 Å². The zero-order valence-electron chi connectivity index (χ0n) is 6.21. The van der Waals surface area contributed by atoms with Crippen LogP contribution in [-0.4, -0.2) is 17.2 Å². The zero-order valence-corrected chi connectivity index (χ0v) is 7.11. The Labute approximate surface area is 55.6 Å². The Bertz CT molecular complexity index is 136. The van der Waals surface area contributed by atoms with Gasteiger partial charge in [0, 0.05) is 7.11 Å². The third kappa shape index (κ3) is 2.09. The summed E-state index contributed by atoms with van der Waals surface area (Å²) in [6, 6.07) is 0. The highest BCUT2D eigenvalue weighted by atomic mass is 31.2. The molecular weight excluding hydrogens is 139 g/mol. The van der Waals surface area contributed by atoms with Crippen molar-refractivity contribution < 1.29 is 14.0 Å². The quantitative estimate of drug-likeness (QED) is 0.580. The second-order valence-electron chi connectivity index (χ2n) is 2.87. The molecule has 0 radical (unpaired) electrons. The Morgan fingerprint density at radius 2 is 1.78 bits per heavy atom. The molecule has 0 amide bonds. The number of hydrogen-bond donors (Lipinski definition) is 1. The molecule has 0 aromatic rings. The van der Waals surface area contributed by atoms with Gasteiger partial charge in [0.15, 0.2) is 0 Å². The van der Waals surface area contributed by atoms with E-state index in [-0.39, 0.29) is 0 Å². The predicted molar refractivity (Wildman–Crippen MR) is 36.6 cm³/mol. The van der Waals surface area contributed by atoms with Crippen molar-refractivity contribution in [3.8, 4) is 0 Å². The molecule has 0 saturated carbocycles. The van der Waals surface area contributed by atoms with Gasteiger partial charge in [-0.15, -0.1) is 0 Å². The summed E-state index contributed by atoms with van der Waals surface area (Å²) in [6.07, 6.45) is 0. The largest absolute Gasteiger partial charge is 0.333 e. The molecule has 1 unspecified atom stereocenters. The highest BCUT2D eigenvalue weighted by molar-refractivity contribution is 7.54. The summed E-state index contributed by atoms with van der Waals surface area (Å²) in [5.74, 6) is 0. The highest BCUT2D eigenvalue weighted by Gasteiger charge is 2.34. The van der Waals surface area contributed by atoms with Crippen molar-refractivity contribution in [1.29, 1.82) is 0 Å². The molecule has 0 fully saturated rings. The molecule has 0 aliphatic heterocycles. The fourth-order valence-electron chi connectivity index (χ4n) is 0.274. The molecule has 0 aromatic heterocycles. The van der Waals surface area contributed by atoms with Crippen molar-refractivity contribution in [1.82, 2.24) is 0 Å². The minimum absolute atomic E-state index is 0.665. The molecule has 0 aromatic carbocycles. The second kappa shape index (κ2) is 2.41. The maximum absolute atomic E-state index is 10.9. The van der Waals surface area contributed by atoms with E-state index >= 15 is 0 Å². The Hall–Kier alpha value is 0.150. The van der Waals surface area contributed by atoms with Crippen molar-refractivity contribution in [2.45, 2.75) is 25.9 Å². The maximum atomic E-state index is 10.9. The summed E-state index contributed by atoms with van der Waals surface area (Å²) in [7, 11) is -2.12. The van der Waals surface area contributed by atoms with Crippen LogP contribution in [-0.2, 0) is 9.09 Å². The van der Waals surface area contributed by atoms with Crippen molar-refractivity contribution >= 4 is 7.60 Å². The van der Waals surface area contributed by atoms with Gasteiger partial charge in [0.1, 0.15) is 0 Å². The summed E-state index contributed by atoms with van der Waals surface area (Å²) in [5.41, 5.74) is 0. The van der Waals surface area contributed by atoms with Crippen LogP contribution in [0.5, 0.6) is 0 Å². The van der Waals surface area contributed by atoms with Gasteiger partial charge < -0.3 is 9.42 Å². The van der Waals surface area contributed by atoms with E-state index in [2.05, 4.69) is 4.52 Å². The summed E-state index contributed by atoms with van der Waals surface area (Å²) in [4.78, 5) is 8.99. The molecule has 56 valence electrons. The van der Waals surface area contributed by atoms with Crippen LogP contribution in [0.2, 0.25) is 0 Å². The lowest BCUT2D eigenvalue weighted by molar-refractivity contribution is 0.291. The lowest BCUT2D eigenvalue weighted by Crippen LogP contribution is -2.15. The molecule has 0 bridgehead atoms. The van der Waals surface area contributed by atoms with Crippen LogP contribution >= 0.6 is 7.60 Å². The van der Waals surface area contributed by atoms with Crippen LogP contribution < -0.4 is 0 Å². The summed E-state index contributed by atoms with van der Waals surface area (Å²) in [6.45, 7) is 4.99.